The van der Waals surface area contributed by atoms with Gasteiger partial charge in [0.05, 0.1) is 5.52 Å². The molecule has 5 rings (SSSR count). The Hall–Kier alpha value is -3.79. The van der Waals surface area contributed by atoms with E-state index in [2.05, 4.69) is 9.97 Å². The van der Waals surface area contributed by atoms with E-state index >= 15 is 0 Å². The van der Waals surface area contributed by atoms with E-state index in [1.807, 2.05) is 42.5 Å². The second-order valence-corrected chi connectivity index (χ2v) is 6.67. The van der Waals surface area contributed by atoms with Crippen molar-refractivity contribution in [3.63, 3.8) is 0 Å². The lowest BCUT2D eigenvalue weighted by atomic mass is 10.0. The topological polar surface area (TPSA) is 45.8 Å². The summed E-state index contributed by atoms with van der Waals surface area (Å²) in [6.45, 7) is 0. The van der Waals surface area contributed by atoms with Gasteiger partial charge < -0.3 is 4.98 Å². The largest absolute Gasteiger partial charge is 0.353 e. The zero-order valence-corrected chi connectivity index (χ0v) is 14.8. The highest BCUT2D eigenvalue weighted by molar-refractivity contribution is 6.18. The van der Waals surface area contributed by atoms with Crippen LogP contribution in [0.5, 0.6) is 0 Å². The summed E-state index contributed by atoms with van der Waals surface area (Å²) < 4.78 is 13.1. The van der Waals surface area contributed by atoms with E-state index in [4.69, 9.17) is 0 Å². The number of rotatable bonds is 3. The quantitative estimate of drug-likeness (QED) is 0.413. The molecule has 28 heavy (non-hydrogen) atoms. The minimum absolute atomic E-state index is 0.136. The number of hydrogen-bond donors (Lipinski definition) is 1. The van der Waals surface area contributed by atoms with Gasteiger partial charge in [0.2, 0.25) is 5.78 Å². The number of H-pyrrole nitrogens is 1. The van der Waals surface area contributed by atoms with Gasteiger partial charge in [-0.15, -0.1) is 0 Å². The summed E-state index contributed by atoms with van der Waals surface area (Å²) in [4.78, 5) is 20.8. The van der Waals surface area contributed by atoms with Crippen LogP contribution in [0.15, 0.2) is 85.1 Å². The molecule has 5 aromatic rings. The molecule has 2 aromatic heterocycles. The molecule has 0 fully saturated rings. The van der Waals surface area contributed by atoms with Crippen molar-refractivity contribution in [2.45, 2.75) is 0 Å². The number of carbonyl (C=O) groups is 1. The molecule has 0 unspecified atom stereocenters. The predicted molar refractivity (Wildman–Crippen MR) is 109 cm³/mol. The second-order valence-electron chi connectivity index (χ2n) is 6.67. The fourth-order valence-corrected chi connectivity index (χ4v) is 3.54. The summed E-state index contributed by atoms with van der Waals surface area (Å²) in [6, 6.07) is 23.5. The molecule has 2 heterocycles. The normalized spacial score (nSPS) is 11.2. The number of pyridine rings is 1. The summed E-state index contributed by atoms with van der Waals surface area (Å²) in [6.07, 6.45) is 1.67. The van der Waals surface area contributed by atoms with Crippen molar-refractivity contribution >= 4 is 27.6 Å². The van der Waals surface area contributed by atoms with Crippen molar-refractivity contribution in [3.8, 4) is 11.1 Å². The number of benzene rings is 3. The van der Waals surface area contributed by atoms with E-state index in [9.17, 15) is 9.18 Å². The molecule has 3 aromatic carbocycles. The highest BCUT2D eigenvalue weighted by Crippen LogP contribution is 2.28. The van der Waals surface area contributed by atoms with E-state index in [-0.39, 0.29) is 11.6 Å². The molecule has 0 saturated heterocycles. The lowest BCUT2D eigenvalue weighted by Crippen LogP contribution is -2.04. The number of hydrogen-bond acceptors (Lipinski definition) is 2. The van der Waals surface area contributed by atoms with Crippen LogP contribution in [-0.4, -0.2) is 15.8 Å². The summed E-state index contributed by atoms with van der Waals surface area (Å²) in [7, 11) is 0. The average molecular weight is 366 g/mol. The molecule has 134 valence electrons. The molecule has 0 bridgehead atoms. The van der Waals surface area contributed by atoms with Crippen molar-refractivity contribution in [1.29, 1.82) is 0 Å². The molecule has 0 saturated carbocycles. The van der Waals surface area contributed by atoms with Gasteiger partial charge in [-0.05, 0) is 35.4 Å². The summed E-state index contributed by atoms with van der Waals surface area (Å²) in [5.41, 5.74) is 4.51. The van der Waals surface area contributed by atoms with E-state index in [0.717, 1.165) is 32.9 Å². The van der Waals surface area contributed by atoms with Gasteiger partial charge in [0.25, 0.3) is 0 Å². The predicted octanol–water partition coefficient (Wildman–Crippen LogP) is 5.75. The van der Waals surface area contributed by atoms with Gasteiger partial charge in [-0.25, -0.2) is 4.39 Å². The van der Waals surface area contributed by atoms with Gasteiger partial charge in [0.1, 0.15) is 11.5 Å². The van der Waals surface area contributed by atoms with E-state index < -0.39 is 0 Å². The first-order valence-electron chi connectivity index (χ1n) is 8.97. The number of fused-ring (bicyclic) bond motifs is 3. The third-order valence-electron chi connectivity index (χ3n) is 4.97. The number of halogens is 1. The average Bonchev–Trinajstić information content (AvgIpc) is 3.13. The maximum absolute atomic E-state index is 13.1. The standard InChI is InChI=1S/C24H15FN2O/c25-18-11-9-16(10-12-18)15-5-7-17(8-6-15)24(28)23-22-20(13-14-26-23)19-3-1-2-4-21(19)27-22/h1-14,27H. The van der Waals surface area contributed by atoms with Crippen LogP contribution in [-0.2, 0) is 0 Å². The van der Waals surface area contributed by atoms with Gasteiger partial charge in [0, 0.05) is 28.0 Å². The van der Waals surface area contributed by atoms with Crippen molar-refractivity contribution in [2.24, 2.45) is 0 Å². The molecule has 0 aliphatic carbocycles. The Labute approximate surface area is 160 Å². The van der Waals surface area contributed by atoms with E-state index in [0.29, 0.717) is 11.3 Å². The molecule has 0 aliphatic rings. The Balaban J connectivity index is 1.55. The minimum atomic E-state index is -0.270. The zero-order valence-electron chi connectivity index (χ0n) is 14.8. The third-order valence-corrected chi connectivity index (χ3v) is 4.97. The fraction of sp³-hybridized carbons (Fsp3) is 0. The van der Waals surface area contributed by atoms with Crippen LogP contribution in [0.2, 0.25) is 0 Å². The SMILES string of the molecule is O=C(c1ccc(-c2ccc(F)cc2)cc1)c1nccc2c1[nH]c1ccccc12. The number of aromatic amines is 1. The van der Waals surface area contributed by atoms with Gasteiger partial charge in [-0.2, -0.15) is 0 Å². The highest BCUT2D eigenvalue weighted by Gasteiger charge is 2.17. The number of para-hydroxylation sites is 1. The van der Waals surface area contributed by atoms with Gasteiger partial charge in [-0.1, -0.05) is 54.6 Å². The lowest BCUT2D eigenvalue weighted by molar-refractivity contribution is 0.103. The molecule has 3 nitrogen and oxygen atoms in total. The molecule has 0 spiro atoms. The minimum Gasteiger partial charge on any atom is -0.353 e. The molecule has 0 atom stereocenters. The Bertz CT molecular complexity index is 1320. The maximum atomic E-state index is 13.1. The Morgan fingerprint density at radius 3 is 2.21 bits per heavy atom. The van der Waals surface area contributed by atoms with Gasteiger partial charge in [-0.3, -0.25) is 9.78 Å². The molecule has 0 amide bonds. The molecule has 0 radical (unpaired) electrons. The van der Waals surface area contributed by atoms with Crippen LogP contribution in [0.25, 0.3) is 32.9 Å². The van der Waals surface area contributed by atoms with Crippen molar-refractivity contribution in [3.05, 3.63) is 102 Å². The van der Waals surface area contributed by atoms with Crippen molar-refractivity contribution in [2.75, 3.05) is 0 Å². The monoisotopic (exact) mass is 366 g/mol. The van der Waals surface area contributed by atoms with Crippen LogP contribution in [0.4, 0.5) is 4.39 Å². The zero-order chi connectivity index (χ0) is 19.1. The first-order valence-corrected chi connectivity index (χ1v) is 8.97. The number of carbonyl (C=O) groups excluding carboxylic acids is 1. The highest BCUT2D eigenvalue weighted by atomic mass is 19.1. The number of aromatic nitrogens is 2. The maximum Gasteiger partial charge on any atom is 0.213 e. The summed E-state index contributed by atoms with van der Waals surface area (Å²) in [5, 5.41) is 2.05. The van der Waals surface area contributed by atoms with Crippen LogP contribution in [0.1, 0.15) is 16.1 Å². The van der Waals surface area contributed by atoms with E-state index in [1.54, 1.807) is 30.5 Å². The number of nitrogens with zero attached hydrogens (tertiary/aromatic N) is 1. The molecule has 4 heteroatoms. The van der Waals surface area contributed by atoms with Gasteiger partial charge in [0.15, 0.2) is 0 Å². The first-order chi connectivity index (χ1) is 13.7. The number of ketones is 1. The fourth-order valence-electron chi connectivity index (χ4n) is 3.54. The Morgan fingerprint density at radius 2 is 1.46 bits per heavy atom. The molecular formula is C24H15FN2O. The van der Waals surface area contributed by atoms with Crippen LogP contribution >= 0.6 is 0 Å². The van der Waals surface area contributed by atoms with Crippen LogP contribution < -0.4 is 0 Å². The first kappa shape index (κ1) is 16.4. The Morgan fingerprint density at radius 1 is 0.786 bits per heavy atom. The Kier molecular flexibility index (Phi) is 3.76. The van der Waals surface area contributed by atoms with Crippen LogP contribution in [0.3, 0.4) is 0 Å². The molecule has 0 aliphatic heterocycles. The second kappa shape index (κ2) is 6.43. The van der Waals surface area contributed by atoms with Crippen molar-refractivity contribution < 1.29 is 9.18 Å². The summed E-state index contributed by atoms with van der Waals surface area (Å²) in [5.74, 6) is -0.407. The lowest BCUT2D eigenvalue weighted by Gasteiger charge is -2.05. The number of nitrogens with one attached hydrogen (secondary N) is 1. The van der Waals surface area contributed by atoms with Gasteiger partial charge >= 0.3 is 0 Å². The third kappa shape index (κ3) is 2.67. The van der Waals surface area contributed by atoms with Crippen LogP contribution in [0, 0.1) is 5.82 Å². The molecule has 1 N–H and O–H groups in total. The van der Waals surface area contributed by atoms with Crippen molar-refractivity contribution in [1.82, 2.24) is 9.97 Å². The van der Waals surface area contributed by atoms with E-state index in [1.165, 1.54) is 12.1 Å². The molecular weight excluding hydrogens is 351 g/mol. The summed E-state index contributed by atoms with van der Waals surface area (Å²) >= 11 is 0. The smallest absolute Gasteiger partial charge is 0.213 e.